The molecule has 0 spiro atoms. The summed E-state index contributed by atoms with van der Waals surface area (Å²) in [7, 11) is 0. The Balaban J connectivity index is 1.44. The molecule has 4 rings (SSSR count). The number of carboxylic acids is 1. The molecule has 0 fully saturated rings. The average Bonchev–Trinajstić information content (AvgIpc) is 3.28. The number of hydrogen-bond donors (Lipinski definition) is 1. The van der Waals surface area contributed by atoms with E-state index in [4.69, 9.17) is 9.15 Å². The first-order valence-electron chi connectivity index (χ1n) is 12.9. The molecule has 2 heterocycles. The number of aromatic nitrogens is 1. The van der Waals surface area contributed by atoms with Gasteiger partial charge in [-0.1, -0.05) is 50.3 Å². The monoisotopic (exact) mass is 514 g/mol. The van der Waals surface area contributed by atoms with Gasteiger partial charge in [0.05, 0.1) is 12.3 Å². The second-order valence-corrected chi connectivity index (χ2v) is 9.66. The molecule has 1 aliphatic heterocycles. The van der Waals surface area contributed by atoms with Crippen LogP contribution in [0.25, 0.3) is 11.5 Å². The highest BCUT2D eigenvalue weighted by Crippen LogP contribution is 2.33. The van der Waals surface area contributed by atoms with Crippen molar-refractivity contribution in [3.05, 3.63) is 94.9 Å². The summed E-state index contributed by atoms with van der Waals surface area (Å²) in [4.78, 5) is 30.9. The highest BCUT2D eigenvalue weighted by Gasteiger charge is 2.35. The van der Waals surface area contributed by atoms with Crippen LogP contribution in [-0.2, 0) is 22.4 Å². The first-order valence-corrected chi connectivity index (χ1v) is 12.9. The Kier molecular flexibility index (Phi) is 8.46. The van der Waals surface area contributed by atoms with Crippen molar-refractivity contribution < 1.29 is 23.8 Å². The van der Waals surface area contributed by atoms with Gasteiger partial charge in [-0.25, -0.2) is 9.78 Å². The standard InChI is InChI=1S/C31H34N2O5/c1-5-6-7-8-28(34)33-17-15-23-13-14-25(19-26(23)29(33)31(35)36)37-18-16-27-21(4)38-30(32-27)24-11-9-22(10-12-24)20(2)3/h5-14,19-20,29H,15-18H2,1-4H3,(H,35,36). The van der Waals surface area contributed by atoms with E-state index in [0.29, 0.717) is 49.1 Å². The van der Waals surface area contributed by atoms with E-state index in [-0.39, 0.29) is 5.91 Å². The average molecular weight is 515 g/mol. The maximum atomic E-state index is 12.7. The molecule has 0 bridgehead atoms. The summed E-state index contributed by atoms with van der Waals surface area (Å²) in [5.74, 6) is 0.944. The SMILES string of the molecule is CC=CC=CC(=O)N1CCc2ccc(OCCc3nc(-c4ccc(C(C)C)cc4)oc3C)cc2C1C(=O)O. The molecule has 7 nitrogen and oxygen atoms in total. The van der Waals surface area contributed by atoms with Gasteiger partial charge in [0.25, 0.3) is 0 Å². The first-order chi connectivity index (χ1) is 18.3. The minimum atomic E-state index is -1.07. The van der Waals surface area contributed by atoms with E-state index in [0.717, 1.165) is 22.6 Å². The molecular formula is C31H34N2O5. The lowest BCUT2D eigenvalue weighted by atomic mass is 9.92. The van der Waals surface area contributed by atoms with Crippen LogP contribution in [0, 0.1) is 6.92 Å². The number of aliphatic carboxylic acids is 1. The highest BCUT2D eigenvalue weighted by molar-refractivity contribution is 5.92. The highest BCUT2D eigenvalue weighted by atomic mass is 16.5. The molecule has 1 N–H and O–H groups in total. The lowest BCUT2D eigenvalue weighted by Gasteiger charge is -2.34. The van der Waals surface area contributed by atoms with Crippen molar-refractivity contribution in [1.82, 2.24) is 9.88 Å². The number of fused-ring (bicyclic) bond motifs is 1. The number of nitrogens with zero attached hydrogens (tertiary/aromatic N) is 2. The molecule has 38 heavy (non-hydrogen) atoms. The fourth-order valence-electron chi connectivity index (χ4n) is 4.59. The summed E-state index contributed by atoms with van der Waals surface area (Å²) >= 11 is 0. The number of benzene rings is 2. The summed E-state index contributed by atoms with van der Waals surface area (Å²) in [6, 6.07) is 12.6. The van der Waals surface area contributed by atoms with Crippen LogP contribution < -0.4 is 4.74 Å². The van der Waals surface area contributed by atoms with Crippen molar-refractivity contribution in [2.24, 2.45) is 0 Å². The second kappa shape index (κ2) is 11.9. The number of carboxylic acid groups (broad SMARTS) is 1. The van der Waals surface area contributed by atoms with Gasteiger partial charge < -0.3 is 19.2 Å². The lowest BCUT2D eigenvalue weighted by molar-refractivity contribution is -0.149. The molecule has 198 valence electrons. The number of amides is 1. The number of allylic oxidation sites excluding steroid dienone is 3. The molecule has 2 aromatic carbocycles. The third-order valence-corrected chi connectivity index (χ3v) is 6.73. The molecule has 1 unspecified atom stereocenters. The smallest absolute Gasteiger partial charge is 0.331 e. The fourth-order valence-corrected chi connectivity index (χ4v) is 4.59. The summed E-state index contributed by atoms with van der Waals surface area (Å²) < 4.78 is 11.9. The Hall–Kier alpha value is -4.13. The predicted molar refractivity (Wildman–Crippen MR) is 146 cm³/mol. The second-order valence-electron chi connectivity index (χ2n) is 9.66. The van der Waals surface area contributed by atoms with Gasteiger partial charge >= 0.3 is 5.97 Å². The van der Waals surface area contributed by atoms with Crippen molar-refractivity contribution >= 4 is 11.9 Å². The van der Waals surface area contributed by atoms with Gasteiger partial charge in [0.2, 0.25) is 11.8 Å². The molecular weight excluding hydrogens is 480 g/mol. The van der Waals surface area contributed by atoms with Gasteiger partial charge in [0.1, 0.15) is 11.5 Å². The minimum Gasteiger partial charge on any atom is -0.493 e. The van der Waals surface area contributed by atoms with Crippen molar-refractivity contribution in [2.45, 2.75) is 52.5 Å². The Morgan fingerprint density at radius 2 is 1.95 bits per heavy atom. The van der Waals surface area contributed by atoms with Gasteiger partial charge in [-0.15, -0.1) is 0 Å². The van der Waals surface area contributed by atoms with Crippen LogP contribution in [0.1, 0.15) is 60.9 Å². The zero-order valence-corrected chi connectivity index (χ0v) is 22.3. The van der Waals surface area contributed by atoms with Gasteiger partial charge in [0.15, 0.2) is 6.04 Å². The van der Waals surface area contributed by atoms with Crippen LogP contribution in [0.15, 0.2) is 71.2 Å². The van der Waals surface area contributed by atoms with Crippen LogP contribution in [0.2, 0.25) is 0 Å². The Labute approximate surface area is 223 Å². The van der Waals surface area contributed by atoms with Crippen molar-refractivity contribution in [2.75, 3.05) is 13.2 Å². The van der Waals surface area contributed by atoms with E-state index in [1.807, 2.05) is 38.1 Å². The predicted octanol–water partition coefficient (Wildman–Crippen LogP) is 6.04. The Morgan fingerprint density at radius 1 is 1.18 bits per heavy atom. The number of carbonyl (C=O) groups excluding carboxylic acids is 1. The molecule has 1 amide bonds. The van der Waals surface area contributed by atoms with Crippen LogP contribution in [0.4, 0.5) is 0 Å². The number of oxazole rings is 1. The van der Waals surface area contributed by atoms with E-state index < -0.39 is 12.0 Å². The van der Waals surface area contributed by atoms with E-state index in [1.54, 1.807) is 24.3 Å². The lowest BCUT2D eigenvalue weighted by Crippen LogP contribution is -2.42. The zero-order valence-electron chi connectivity index (χ0n) is 22.3. The Morgan fingerprint density at radius 3 is 2.63 bits per heavy atom. The fraction of sp³-hybridized carbons (Fsp3) is 0.323. The molecule has 1 atom stereocenters. The van der Waals surface area contributed by atoms with E-state index in [9.17, 15) is 14.7 Å². The van der Waals surface area contributed by atoms with Gasteiger partial charge in [-0.05, 0) is 67.1 Å². The summed E-state index contributed by atoms with van der Waals surface area (Å²) in [5.41, 5.74) is 4.50. The van der Waals surface area contributed by atoms with Crippen LogP contribution in [0.3, 0.4) is 0 Å². The molecule has 0 saturated carbocycles. The van der Waals surface area contributed by atoms with Crippen molar-refractivity contribution in [1.29, 1.82) is 0 Å². The Bertz CT molecular complexity index is 1350. The molecule has 1 aromatic heterocycles. The van der Waals surface area contributed by atoms with Gasteiger partial charge in [-0.3, -0.25) is 4.79 Å². The number of rotatable bonds is 9. The van der Waals surface area contributed by atoms with E-state index in [2.05, 4.69) is 31.0 Å². The molecule has 0 saturated heterocycles. The largest absolute Gasteiger partial charge is 0.493 e. The third-order valence-electron chi connectivity index (χ3n) is 6.73. The van der Waals surface area contributed by atoms with Gasteiger partial charge in [0, 0.05) is 24.6 Å². The van der Waals surface area contributed by atoms with Crippen LogP contribution in [-0.4, -0.2) is 40.0 Å². The minimum absolute atomic E-state index is 0.330. The quantitative estimate of drug-likeness (QED) is 0.277. The normalized spacial score (nSPS) is 15.4. The van der Waals surface area contributed by atoms with Gasteiger partial charge in [-0.2, -0.15) is 0 Å². The van der Waals surface area contributed by atoms with Crippen molar-refractivity contribution in [3.8, 4) is 17.2 Å². The number of ether oxygens (including phenoxy) is 1. The molecule has 0 radical (unpaired) electrons. The van der Waals surface area contributed by atoms with Crippen LogP contribution >= 0.6 is 0 Å². The summed E-state index contributed by atoms with van der Waals surface area (Å²) in [6.45, 7) is 8.75. The molecule has 7 heteroatoms. The third kappa shape index (κ3) is 6.05. The molecule has 0 aliphatic carbocycles. The number of carbonyl (C=O) groups is 2. The number of hydrogen-bond acceptors (Lipinski definition) is 5. The summed E-state index contributed by atoms with van der Waals surface area (Å²) in [5, 5.41) is 9.97. The van der Waals surface area contributed by atoms with Crippen LogP contribution in [0.5, 0.6) is 5.75 Å². The maximum absolute atomic E-state index is 12.7. The van der Waals surface area contributed by atoms with E-state index >= 15 is 0 Å². The topological polar surface area (TPSA) is 92.9 Å². The number of aryl methyl sites for hydroxylation is 1. The maximum Gasteiger partial charge on any atom is 0.331 e. The summed E-state index contributed by atoms with van der Waals surface area (Å²) in [6.07, 6.45) is 7.68. The molecule has 1 aliphatic rings. The zero-order chi connectivity index (χ0) is 27.2. The van der Waals surface area contributed by atoms with Crippen molar-refractivity contribution in [3.63, 3.8) is 0 Å². The van der Waals surface area contributed by atoms with E-state index in [1.165, 1.54) is 16.5 Å². The molecule has 3 aromatic rings. The first kappa shape index (κ1) is 26.9.